The van der Waals surface area contributed by atoms with Gasteiger partial charge < -0.3 is 20.2 Å². The van der Waals surface area contributed by atoms with Gasteiger partial charge in [0.15, 0.2) is 5.65 Å². The first-order valence-electron chi connectivity index (χ1n) is 9.65. The summed E-state index contributed by atoms with van der Waals surface area (Å²) in [6.07, 6.45) is 5.40. The summed E-state index contributed by atoms with van der Waals surface area (Å²) in [6, 6.07) is -0.625. The average molecular weight is 391 g/mol. The monoisotopic (exact) mass is 391 g/mol. The van der Waals surface area contributed by atoms with Crippen molar-refractivity contribution in [2.45, 2.75) is 58.4 Å². The maximum absolute atomic E-state index is 11.9. The van der Waals surface area contributed by atoms with Crippen LogP contribution in [0.1, 0.15) is 58.2 Å². The molecule has 0 saturated heterocycles. The first-order chi connectivity index (χ1) is 13.4. The zero-order chi connectivity index (χ0) is 20.5. The van der Waals surface area contributed by atoms with Crippen LogP contribution in [0.25, 0.3) is 11.2 Å². The third-order valence-corrected chi connectivity index (χ3v) is 4.40. The highest BCUT2D eigenvalue weighted by molar-refractivity contribution is 5.75. The van der Waals surface area contributed by atoms with Crippen LogP contribution >= 0.6 is 0 Å². The summed E-state index contributed by atoms with van der Waals surface area (Å²) in [4.78, 5) is 39.4. The Hall–Kier alpha value is -2.55. The largest absolute Gasteiger partial charge is 0.465 e. The van der Waals surface area contributed by atoms with Crippen LogP contribution in [0.4, 0.5) is 0 Å². The van der Waals surface area contributed by atoms with Gasteiger partial charge in [0.25, 0.3) is 0 Å². The van der Waals surface area contributed by atoms with E-state index in [2.05, 4.69) is 19.9 Å². The van der Waals surface area contributed by atoms with Crippen molar-refractivity contribution in [1.29, 1.82) is 0 Å². The molecular weight excluding hydrogens is 362 g/mol. The van der Waals surface area contributed by atoms with E-state index in [4.69, 9.17) is 15.2 Å². The second kappa shape index (κ2) is 10.7. The molecule has 0 amide bonds. The third kappa shape index (κ3) is 6.26. The summed E-state index contributed by atoms with van der Waals surface area (Å²) in [5.41, 5.74) is 7.06. The van der Waals surface area contributed by atoms with E-state index in [9.17, 15) is 9.59 Å². The zero-order valence-corrected chi connectivity index (χ0v) is 16.7. The summed E-state index contributed by atoms with van der Waals surface area (Å²) in [7, 11) is 0. The molecule has 0 aromatic carbocycles. The number of nitrogens with one attached hydrogen (secondary N) is 1. The molecule has 0 aliphatic carbocycles. The fraction of sp³-hybridized carbons (Fsp3) is 0.632. The van der Waals surface area contributed by atoms with Crippen LogP contribution in [-0.4, -0.2) is 51.1 Å². The lowest BCUT2D eigenvalue weighted by atomic mass is 10.0. The molecule has 2 aromatic rings. The van der Waals surface area contributed by atoms with Gasteiger partial charge in [0.2, 0.25) is 0 Å². The minimum absolute atomic E-state index is 0.0230. The van der Waals surface area contributed by atoms with Gasteiger partial charge in [0, 0.05) is 6.42 Å². The molecule has 2 heterocycles. The highest BCUT2D eigenvalue weighted by Crippen LogP contribution is 2.22. The van der Waals surface area contributed by atoms with Gasteiger partial charge in [-0.2, -0.15) is 0 Å². The van der Waals surface area contributed by atoms with Crippen LogP contribution < -0.4 is 5.73 Å². The molecule has 154 valence electrons. The lowest BCUT2D eigenvalue weighted by Crippen LogP contribution is -2.37. The van der Waals surface area contributed by atoms with Crippen molar-refractivity contribution in [1.82, 2.24) is 19.9 Å². The van der Waals surface area contributed by atoms with E-state index in [1.165, 1.54) is 6.33 Å². The molecule has 3 N–H and O–H groups in total. The van der Waals surface area contributed by atoms with Crippen molar-refractivity contribution in [2.75, 3.05) is 13.2 Å². The van der Waals surface area contributed by atoms with Gasteiger partial charge in [-0.1, -0.05) is 20.8 Å². The first kappa shape index (κ1) is 21.7. The van der Waals surface area contributed by atoms with E-state index >= 15 is 0 Å². The lowest BCUT2D eigenvalue weighted by molar-refractivity contribution is -0.146. The Balaban J connectivity index is 1.96. The van der Waals surface area contributed by atoms with Crippen LogP contribution in [0.15, 0.2) is 12.5 Å². The number of carbonyl (C=O) groups is 2. The Labute approximate surface area is 164 Å². The number of H-pyrrole nitrogens is 1. The Kier molecular flexibility index (Phi) is 8.31. The number of nitrogens with two attached hydrogens (primary N) is 1. The maximum Gasteiger partial charge on any atom is 0.323 e. The molecule has 0 aliphatic heterocycles. The molecule has 0 bridgehead atoms. The average Bonchev–Trinajstić information content (AvgIpc) is 3.10. The number of aromatic nitrogens is 4. The molecule has 2 aromatic heterocycles. The van der Waals surface area contributed by atoms with Gasteiger partial charge >= 0.3 is 11.9 Å². The minimum Gasteiger partial charge on any atom is -0.465 e. The van der Waals surface area contributed by atoms with E-state index in [0.717, 1.165) is 11.9 Å². The predicted molar refractivity (Wildman–Crippen MR) is 103 cm³/mol. The van der Waals surface area contributed by atoms with Gasteiger partial charge in [-0.3, -0.25) is 9.59 Å². The molecule has 0 radical (unpaired) electrons. The molecule has 28 heavy (non-hydrogen) atoms. The van der Waals surface area contributed by atoms with Crippen molar-refractivity contribution in [3.63, 3.8) is 0 Å². The number of rotatable bonds is 11. The zero-order valence-electron chi connectivity index (χ0n) is 16.7. The predicted octanol–water partition coefficient (Wildman–Crippen LogP) is 2.09. The first-order valence-corrected chi connectivity index (χ1v) is 9.65. The van der Waals surface area contributed by atoms with Gasteiger partial charge in [-0.25, -0.2) is 15.0 Å². The highest BCUT2D eigenvalue weighted by atomic mass is 16.5. The molecule has 2 atom stereocenters. The van der Waals surface area contributed by atoms with Crippen LogP contribution in [0.5, 0.6) is 0 Å². The number of esters is 2. The minimum atomic E-state index is -0.625. The summed E-state index contributed by atoms with van der Waals surface area (Å²) in [5.74, 6) is -0.106. The summed E-state index contributed by atoms with van der Waals surface area (Å²) >= 11 is 0. The van der Waals surface area contributed by atoms with Crippen molar-refractivity contribution in [3.8, 4) is 0 Å². The molecule has 0 aliphatic rings. The number of carbonyl (C=O) groups excluding carboxylic acids is 2. The van der Waals surface area contributed by atoms with Crippen molar-refractivity contribution in [3.05, 3.63) is 18.3 Å². The Morgan fingerprint density at radius 1 is 1.29 bits per heavy atom. The Bertz CT molecular complexity index is 744. The Morgan fingerprint density at radius 3 is 2.75 bits per heavy atom. The molecule has 2 rings (SSSR count). The smallest absolute Gasteiger partial charge is 0.323 e. The number of aromatic amines is 1. The van der Waals surface area contributed by atoms with Crippen LogP contribution in [-0.2, 0) is 19.1 Å². The van der Waals surface area contributed by atoms with Gasteiger partial charge in [0.1, 0.15) is 30.3 Å². The number of ether oxygens (including phenoxy) is 2. The second-order valence-corrected chi connectivity index (χ2v) is 7.09. The quantitative estimate of drug-likeness (QED) is 0.439. The van der Waals surface area contributed by atoms with E-state index < -0.39 is 12.0 Å². The third-order valence-electron chi connectivity index (χ3n) is 4.40. The molecule has 9 heteroatoms. The maximum atomic E-state index is 11.9. The number of imidazole rings is 1. The normalized spacial score (nSPS) is 13.5. The van der Waals surface area contributed by atoms with Crippen LogP contribution in [0, 0.1) is 5.92 Å². The molecule has 1 unspecified atom stereocenters. The van der Waals surface area contributed by atoms with Crippen LogP contribution in [0.3, 0.4) is 0 Å². The fourth-order valence-electron chi connectivity index (χ4n) is 2.61. The number of fused-ring (bicyclic) bond motifs is 1. The molecule has 0 fully saturated rings. The lowest BCUT2D eigenvalue weighted by Gasteiger charge is -2.17. The van der Waals surface area contributed by atoms with Crippen LogP contribution in [0.2, 0.25) is 0 Å². The SMILES string of the molecule is CCCC(=O)OCC(CCCOC(=O)[C@@H](N)C(C)C)c1nc2ncncc2[nH]1. The van der Waals surface area contributed by atoms with Gasteiger partial charge in [-0.15, -0.1) is 0 Å². The van der Waals surface area contributed by atoms with E-state index in [-0.39, 0.29) is 31.0 Å². The van der Waals surface area contributed by atoms with Crippen molar-refractivity contribution in [2.24, 2.45) is 11.7 Å². The topological polar surface area (TPSA) is 133 Å². The van der Waals surface area contributed by atoms with Gasteiger partial charge in [0.05, 0.1) is 18.7 Å². The number of hydrogen-bond acceptors (Lipinski definition) is 8. The number of nitrogens with zero attached hydrogens (tertiary/aromatic N) is 3. The molecule has 9 nitrogen and oxygen atoms in total. The van der Waals surface area contributed by atoms with E-state index in [1.54, 1.807) is 6.20 Å². The molecule has 0 saturated carbocycles. The highest BCUT2D eigenvalue weighted by Gasteiger charge is 2.21. The number of hydrogen-bond donors (Lipinski definition) is 2. The van der Waals surface area contributed by atoms with E-state index in [1.807, 2.05) is 20.8 Å². The van der Waals surface area contributed by atoms with E-state index in [0.29, 0.717) is 30.7 Å². The second-order valence-electron chi connectivity index (χ2n) is 7.09. The Morgan fingerprint density at radius 2 is 2.07 bits per heavy atom. The summed E-state index contributed by atoms with van der Waals surface area (Å²) in [6.45, 7) is 6.12. The van der Waals surface area contributed by atoms with Crippen molar-refractivity contribution >= 4 is 23.1 Å². The standard InChI is InChI=1S/C19H29N5O4/c1-4-6-15(25)28-10-13(7-5-8-27-19(26)16(20)12(2)3)17-23-14-9-21-11-22-18(14)24-17/h9,11-13,16H,4-8,10,20H2,1-3H3,(H,21,22,23,24)/t13?,16-/m0/s1. The fourth-order valence-corrected chi connectivity index (χ4v) is 2.61. The van der Waals surface area contributed by atoms with Gasteiger partial charge in [-0.05, 0) is 25.2 Å². The summed E-state index contributed by atoms with van der Waals surface area (Å²) in [5, 5.41) is 0. The molecular formula is C19H29N5O4. The van der Waals surface area contributed by atoms with Crippen molar-refractivity contribution < 1.29 is 19.1 Å². The summed E-state index contributed by atoms with van der Waals surface area (Å²) < 4.78 is 10.6. The molecule has 0 spiro atoms.